The monoisotopic (exact) mass is 444 g/mol. The lowest BCUT2D eigenvalue weighted by molar-refractivity contribution is 0.102. The molecule has 0 saturated carbocycles. The zero-order valence-electron chi connectivity index (χ0n) is 17.6. The summed E-state index contributed by atoms with van der Waals surface area (Å²) < 4.78 is 10.6. The number of nitrogen functional groups attached to an aromatic ring is 1. The van der Waals surface area contributed by atoms with Gasteiger partial charge >= 0.3 is 0 Å². The number of methoxy groups -OCH3 is 1. The lowest BCUT2D eigenvalue weighted by atomic mass is 9.97. The molecule has 2 aromatic carbocycles. The fourth-order valence-electron chi connectivity index (χ4n) is 3.07. The summed E-state index contributed by atoms with van der Waals surface area (Å²) in [5.74, 6) is 1.27. The van der Waals surface area contributed by atoms with Crippen molar-refractivity contribution < 1.29 is 14.3 Å². The quantitative estimate of drug-likeness (QED) is 0.399. The topological polar surface area (TPSA) is 122 Å². The van der Waals surface area contributed by atoms with E-state index in [1.54, 1.807) is 55.6 Å². The molecule has 3 rings (SSSR count). The number of pyridine rings is 1. The lowest BCUT2D eigenvalue weighted by Gasteiger charge is -2.13. The smallest absolute Gasteiger partial charge is 0.173 e. The van der Waals surface area contributed by atoms with Gasteiger partial charge in [-0.1, -0.05) is 23.9 Å². The van der Waals surface area contributed by atoms with E-state index in [-0.39, 0.29) is 28.5 Å². The van der Waals surface area contributed by atoms with E-state index in [1.807, 2.05) is 13.0 Å². The van der Waals surface area contributed by atoms with Crippen LogP contribution < -0.4 is 15.2 Å². The highest BCUT2D eigenvalue weighted by molar-refractivity contribution is 8.00. The predicted molar refractivity (Wildman–Crippen MR) is 123 cm³/mol. The molecule has 0 aliphatic heterocycles. The molecule has 0 atom stereocenters. The molecular weight excluding hydrogens is 424 g/mol. The van der Waals surface area contributed by atoms with Gasteiger partial charge in [0.15, 0.2) is 5.78 Å². The van der Waals surface area contributed by atoms with Gasteiger partial charge in [0, 0.05) is 11.1 Å². The van der Waals surface area contributed by atoms with Crippen LogP contribution in [0.4, 0.5) is 5.82 Å². The van der Waals surface area contributed by atoms with Crippen molar-refractivity contribution in [2.24, 2.45) is 0 Å². The van der Waals surface area contributed by atoms with E-state index < -0.39 is 0 Å². The summed E-state index contributed by atoms with van der Waals surface area (Å²) in [4.78, 5) is 16.8. The molecule has 2 N–H and O–H groups in total. The minimum absolute atomic E-state index is 0.00906. The number of hydrogen-bond donors (Lipinski definition) is 1. The molecule has 0 fully saturated rings. The van der Waals surface area contributed by atoms with Crippen LogP contribution in [0.2, 0.25) is 0 Å². The molecule has 8 heteroatoms. The minimum atomic E-state index is -0.131. The van der Waals surface area contributed by atoms with Gasteiger partial charge < -0.3 is 15.2 Å². The Morgan fingerprint density at radius 1 is 1.03 bits per heavy atom. The van der Waals surface area contributed by atoms with E-state index in [0.717, 1.165) is 11.8 Å². The van der Waals surface area contributed by atoms with Crippen LogP contribution in [0.1, 0.15) is 28.4 Å². The van der Waals surface area contributed by atoms with Crippen LogP contribution >= 0.6 is 11.8 Å². The number of carbonyl (C=O) groups is 1. The van der Waals surface area contributed by atoms with Crippen LogP contribution in [-0.2, 0) is 0 Å². The van der Waals surface area contributed by atoms with Crippen LogP contribution in [-0.4, -0.2) is 30.2 Å². The number of nitriles is 2. The standard InChI is InChI=1S/C24H20N4O3S/c1-3-31-18-10-6-16(7-11-18)22-19(12-25)23(27)28-24(20(22)13-26)32-14-21(29)15-4-8-17(30-2)9-5-15/h4-11H,3,14H2,1-2H3,(H2,27,28). The van der Waals surface area contributed by atoms with Crippen molar-refractivity contribution >= 4 is 23.4 Å². The molecule has 160 valence electrons. The third kappa shape index (κ3) is 4.83. The van der Waals surface area contributed by atoms with Gasteiger partial charge in [-0.05, 0) is 48.9 Å². The maximum Gasteiger partial charge on any atom is 0.173 e. The first-order valence-corrected chi connectivity index (χ1v) is 10.7. The number of Topliss-reactive ketones (excluding diaryl/α,β-unsaturated/α-hetero) is 1. The normalized spacial score (nSPS) is 10.1. The summed E-state index contributed by atoms with van der Waals surface area (Å²) in [6.45, 7) is 2.41. The summed E-state index contributed by atoms with van der Waals surface area (Å²) in [6, 6.07) is 18.0. The number of carbonyl (C=O) groups excluding carboxylic acids is 1. The molecule has 0 bridgehead atoms. The summed E-state index contributed by atoms with van der Waals surface area (Å²) in [5, 5.41) is 19.8. The molecule has 32 heavy (non-hydrogen) atoms. The number of rotatable bonds is 8. The van der Waals surface area contributed by atoms with E-state index >= 15 is 0 Å². The second-order valence-electron chi connectivity index (χ2n) is 6.55. The summed E-state index contributed by atoms with van der Waals surface area (Å²) >= 11 is 1.11. The highest BCUT2D eigenvalue weighted by Crippen LogP contribution is 2.36. The number of thioether (sulfide) groups is 1. The van der Waals surface area contributed by atoms with Crippen LogP contribution in [0.3, 0.4) is 0 Å². The van der Waals surface area contributed by atoms with Crippen molar-refractivity contribution in [2.75, 3.05) is 25.2 Å². The van der Waals surface area contributed by atoms with Crippen molar-refractivity contribution in [2.45, 2.75) is 11.9 Å². The SMILES string of the molecule is CCOc1ccc(-c2c(C#N)c(N)nc(SCC(=O)c3ccc(OC)cc3)c2C#N)cc1. The van der Waals surface area contributed by atoms with E-state index in [4.69, 9.17) is 15.2 Å². The average molecular weight is 445 g/mol. The Balaban J connectivity index is 1.95. The Bertz CT molecular complexity index is 1210. The fraction of sp³-hybridized carbons (Fsp3) is 0.167. The van der Waals surface area contributed by atoms with Gasteiger partial charge in [0.2, 0.25) is 0 Å². The van der Waals surface area contributed by atoms with E-state index in [2.05, 4.69) is 11.1 Å². The van der Waals surface area contributed by atoms with Crippen molar-refractivity contribution in [3.63, 3.8) is 0 Å². The minimum Gasteiger partial charge on any atom is -0.497 e. The molecular formula is C24H20N4O3S. The average Bonchev–Trinajstić information content (AvgIpc) is 2.82. The van der Waals surface area contributed by atoms with Crippen LogP contribution in [0.25, 0.3) is 11.1 Å². The molecule has 3 aromatic rings. The summed E-state index contributed by atoms with van der Waals surface area (Å²) in [7, 11) is 1.55. The van der Waals surface area contributed by atoms with Crippen molar-refractivity contribution in [3.8, 4) is 34.8 Å². The number of ketones is 1. The van der Waals surface area contributed by atoms with Crippen molar-refractivity contribution in [1.29, 1.82) is 10.5 Å². The Hall–Kier alpha value is -4.01. The molecule has 0 aliphatic carbocycles. The largest absolute Gasteiger partial charge is 0.497 e. The predicted octanol–water partition coefficient (Wildman–Crippen LogP) is 4.46. The Kier molecular flexibility index (Phi) is 7.33. The molecule has 0 unspecified atom stereocenters. The van der Waals surface area contributed by atoms with E-state index in [9.17, 15) is 15.3 Å². The first-order valence-electron chi connectivity index (χ1n) is 9.69. The maximum atomic E-state index is 12.6. The maximum absolute atomic E-state index is 12.6. The van der Waals surface area contributed by atoms with Gasteiger partial charge in [0.1, 0.15) is 40.0 Å². The lowest BCUT2D eigenvalue weighted by Crippen LogP contribution is -2.06. The first kappa shape index (κ1) is 22.7. The molecule has 1 heterocycles. The molecule has 7 nitrogen and oxygen atoms in total. The summed E-state index contributed by atoms with van der Waals surface area (Å²) in [5.41, 5.74) is 7.91. The highest BCUT2D eigenvalue weighted by atomic mass is 32.2. The van der Waals surface area contributed by atoms with Gasteiger partial charge in [-0.3, -0.25) is 4.79 Å². The number of hydrogen-bond acceptors (Lipinski definition) is 8. The molecule has 0 amide bonds. The zero-order chi connectivity index (χ0) is 23.1. The molecule has 0 spiro atoms. The Morgan fingerprint density at radius 2 is 1.66 bits per heavy atom. The van der Waals surface area contributed by atoms with Gasteiger partial charge in [0.25, 0.3) is 0 Å². The zero-order valence-corrected chi connectivity index (χ0v) is 18.4. The number of aromatic nitrogens is 1. The molecule has 0 aliphatic rings. The fourth-order valence-corrected chi connectivity index (χ4v) is 3.96. The first-order chi connectivity index (χ1) is 15.5. The van der Waals surface area contributed by atoms with Gasteiger partial charge in [-0.25, -0.2) is 4.98 Å². The second kappa shape index (κ2) is 10.3. The van der Waals surface area contributed by atoms with Crippen molar-refractivity contribution in [1.82, 2.24) is 4.98 Å². The van der Waals surface area contributed by atoms with Gasteiger partial charge in [-0.15, -0.1) is 0 Å². The van der Waals surface area contributed by atoms with Crippen molar-refractivity contribution in [3.05, 3.63) is 65.2 Å². The molecule has 0 saturated heterocycles. The highest BCUT2D eigenvalue weighted by Gasteiger charge is 2.21. The number of nitrogens with two attached hydrogens (primary N) is 1. The van der Waals surface area contributed by atoms with Gasteiger partial charge in [0.05, 0.1) is 25.0 Å². The van der Waals surface area contributed by atoms with E-state index in [0.29, 0.717) is 39.8 Å². The number of ether oxygens (including phenoxy) is 2. The second-order valence-corrected chi connectivity index (χ2v) is 7.51. The summed E-state index contributed by atoms with van der Waals surface area (Å²) in [6.07, 6.45) is 0. The third-order valence-electron chi connectivity index (χ3n) is 4.62. The van der Waals surface area contributed by atoms with E-state index in [1.165, 1.54) is 0 Å². The number of benzene rings is 2. The van der Waals surface area contributed by atoms with Crippen LogP contribution in [0, 0.1) is 22.7 Å². The Morgan fingerprint density at radius 3 is 2.22 bits per heavy atom. The van der Waals surface area contributed by atoms with Crippen LogP contribution in [0.5, 0.6) is 11.5 Å². The third-order valence-corrected chi connectivity index (χ3v) is 5.60. The van der Waals surface area contributed by atoms with Gasteiger partial charge in [-0.2, -0.15) is 10.5 Å². The van der Waals surface area contributed by atoms with Crippen LogP contribution in [0.15, 0.2) is 53.6 Å². The number of anilines is 1. The number of nitrogens with zero attached hydrogens (tertiary/aromatic N) is 3. The Labute approximate surface area is 190 Å². The molecule has 0 radical (unpaired) electrons. The molecule has 1 aromatic heterocycles.